The molecule has 0 aliphatic rings. The van der Waals surface area contributed by atoms with Crippen molar-refractivity contribution < 1.29 is 9.59 Å². The van der Waals surface area contributed by atoms with Gasteiger partial charge in [0, 0.05) is 18.5 Å². The Balaban J connectivity index is 1.58. The van der Waals surface area contributed by atoms with Crippen molar-refractivity contribution in [3.05, 3.63) is 76.3 Å². The Hall–Kier alpha value is -3.26. The van der Waals surface area contributed by atoms with Crippen LogP contribution in [0.4, 0.5) is 9.93 Å². The van der Waals surface area contributed by atoms with Crippen LogP contribution in [-0.4, -0.2) is 22.1 Å². The van der Waals surface area contributed by atoms with Crippen LogP contribution in [0.5, 0.6) is 0 Å². The highest BCUT2D eigenvalue weighted by molar-refractivity contribution is 7.15. The quantitative estimate of drug-likeness (QED) is 0.622. The van der Waals surface area contributed by atoms with Crippen LogP contribution >= 0.6 is 11.3 Å². The summed E-state index contributed by atoms with van der Waals surface area (Å²) in [6.07, 6.45) is 0.677. The Morgan fingerprint density at radius 2 is 1.69 bits per heavy atom. The number of carbonyl (C=O) groups is 2. The van der Waals surface area contributed by atoms with Gasteiger partial charge in [0.2, 0.25) is 5.13 Å². The molecule has 2 aromatic carbocycles. The van der Waals surface area contributed by atoms with Crippen LogP contribution in [0.2, 0.25) is 0 Å². The van der Waals surface area contributed by atoms with Gasteiger partial charge in [-0.3, -0.25) is 10.1 Å². The van der Waals surface area contributed by atoms with Gasteiger partial charge in [-0.05, 0) is 23.3 Å². The van der Waals surface area contributed by atoms with Crippen molar-refractivity contribution in [2.45, 2.75) is 13.0 Å². The molecule has 0 saturated carbocycles. The molecule has 0 bridgehead atoms. The SMILES string of the molecule is NC(=O)NCc1ccc(C(=O)Nc2nnc(Cc3ccccc3)s2)cc1. The molecular weight excluding hydrogens is 350 g/mol. The Bertz CT molecular complexity index is 893. The first kappa shape index (κ1) is 17.6. The molecule has 1 heterocycles. The van der Waals surface area contributed by atoms with Gasteiger partial charge in [0.1, 0.15) is 5.01 Å². The third-order valence-electron chi connectivity index (χ3n) is 3.57. The number of carbonyl (C=O) groups excluding carboxylic acids is 2. The second kappa shape index (κ2) is 8.21. The Kier molecular flexibility index (Phi) is 5.55. The van der Waals surface area contributed by atoms with Crippen LogP contribution in [0.1, 0.15) is 26.5 Å². The van der Waals surface area contributed by atoms with Crippen molar-refractivity contribution in [3.63, 3.8) is 0 Å². The van der Waals surface area contributed by atoms with E-state index in [0.29, 0.717) is 23.7 Å². The fraction of sp³-hybridized carbons (Fsp3) is 0.111. The lowest BCUT2D eigenvalue weighted by atomic mass is 10.1. The molecule has 0 radical (unpaired) electrons. The van der Waals surface area contributed by atoms with Gasteiger partial charge in [0.15, 0.2) is 0 Å². The highest BCUT2D eigenvalue weighted by atomic mass is 32.1. The lowest BCUT2D eigenvalue weighted by Crippen LogP contribution is -2.28. The topological polar surface area (TPSA) is 110 Å². The molecule has 26 heavy (non-hydrogen) atoms. The van der Waals surface area contributed by atoms with E-state index < -0.39 is 6.03 Å². The number of benzene rings is 2. The Labute approximate surface area is 154 Å². The van der Waals surface area contributed by atoms with Crippen molar-refractivity contribution in [1.29, 1.82) is 0 Å². The van der Waals surface area contributed by atoms with E-state index in [0.717, 1.165) is 16.1 Å². The van der Waals surface area contributed by atoms with Crippen LogP contribution in [-0.2, 0) is 13.0 Å². The van der Waals surface area contributed by atoms with Gasteiger partial charge in [0.25, 0.3) is 5.91 Å². The predicted octanol–water partition coefficient (Wildman–Crippen LogP) is 2.55. The predicted molar refractivity (Wildman–Crippen MR) is 100.0 cm³/mol. The summed E-state index contributed by atoms with van der Waals surface area (Å²) in [5.74, 6) is -0.262. The number of nitrogens with two attached hydrogens (primary N) is 1. The fourth-order valence-electron chi connectivity index (χ4n) is 2.28. The van der Waals surface area contributed by atoms with Crippen LogP contribution in [0.3, 0.4) is 0 Å². The summed E-state index contributed by atoms with van der Waals surface area (Å²) in [6.45, 7) is 0.316. The Morgan fingerprint density at radius 3 is 2.38 bits per heavy atom. The second-order valence-corrected chi connectivity index (χ2v) is 6.59. The number of aromatic nitrogens is 2. The zero-order valence-electron chi connectivity index (χ0n) is 13.8. The van der Waals surface area contributed by atoms with Crippen molar-refractivity contribution in [1.82, 2.24) is 15.5 Å². The molecule has 132 valence electrons. The first-order valence-electron chi connectivity index (χ1n) is 7.90. The molecule has 0 fully saturated rings. The first-order chi connectivity index (χ1) is 12.6. The molecule has 0 saturated heterocycles. The molecule has 0 atom stereocenters. The normalized spacial score (nSPS) is 10.3. The van der Waals surface area contributed by atoms with Crippen molar-refractivity contribution in [2.24, 2.45) is 5.73 Å². The molecule has 0 spiro atoms. The van der Waals surface area contributed by atoms with Crippen LogP contribution < -0.4 is 16.4 Å². The van der Waals surface area contributed by atoms with Gasteiger partial charge >= 0.3 is 6.03 Å². The lowest BCUT2D eigenvalue weighted by molar-refractivity contribution is 0.102. The lowest BCUT2D eigenvalue weighted by Gasteiger charge is -2.04. The minimum absolute atomic E-state index is 0.262. The zero-order valence-corrected chi connectivity index (χ0v) is 14.6. The van der Waals surface area contributed by atoms with Gasteiger partial charge in [0.05, 0.1) is 0 Å². The molecule has 0 aliphatic carbocycles. The minimum Gasteiger partial charge on any atom is -0.352 e. The van der Waals surface area contributed by atoms with Gasteiger partial charge < -0.3 is 11.1 Å². The van der Waals surface area contributed by atoms with E-state index >= 15 is 0 Å². The zero-order chi connectivity index (χ0) is 18.4. The van der Waals surface area contributed by atoms with Crippen molar-refractivity contribution >= 4 is 28.4 Å². The van der Waals surface area contributed by atoms with E-state index in [1.807, 2.05) is 30.3 Å². The summed E-state index contributed by atoms with van der Waals surface area (Å²) >= 11 is 1.35. The average Bonchev–Trinajstić information content (AvgIpc) is 3.08. The fourth-order valence-corrected chi connectivity index (χ4v) is 3.05. The molecule has 3 rings (SSSR count). The van der Waals surface area contributed by atoms with Gasteiger partial charge in [-0.25, -0.2) is 4.79 Å². The summed E-state index contributed by atoms with van der Waals surface area (Å²) in [6, 6.07) is 16.2. The molecular formula is C18H17N5O2S. The number of rotatable bonds is 6. The van der Waals surface area contributed by atoms with Crippen LogP contribution in [0.15, 0.2) is 54.6 Å². The van der Waals surface area contributed by atoms with E-state index in [-0.39, 0.29) is 5.91 Å². The number of hydrogen-bond acceptors (Lipinski definition) is 5. The monoisotopic (exact) mass is 367 g/mol. The molecule has 7 nitrogen and oxygen atoms in total. The van der Waals surface area contributed by atoms with Crippen LogP contribution in [0, 0.1) is 0 Å². The standard InChI is InChI=1S/C18H17N5O2S/c19-17(25)20-11-13-6-8-14(9-7-13)16(24)21-18-23-22-15(26-18)10-12-4-2-1-3-5-12/h1-9H,10-11H2,(H3,19,20,25)(H,21,23,24). The molecule has 3 amide bonds. The third-order valence-corrected chi connectivity index (χ3v) is 4.41. The van der Waals surface area contributed by atoms with E-state index in [9.17, 15) is 9.59 Å². The summed E-state index contributed by atoms with van der Waals surface area (Å²) in [4.78, 5) is 23.0. The maximum absolute atomic E-state index is 12.3. The molecule has 0 unspecified atom stereocenters. The third kappa shape index (κ3) is 4.87. The Morgan fingerprint density at radius 1 is 0.962 bits per heavy atom. The minimum atomic E-state index is -0.589. The number of primary amides is 1. The van der Waals surface area contributed by atoms with Gasteiger partial charge in [-0.2, -0.15) is 0 Å². The first-order valence-corrected chi connectivity index (χ1v) is 8.72. The summed E-state index contributed by atoms with van der Waals surface area (Å²) in [5.41, 5.74) is 7.51. The average molecular weight is 367 g/mol. The van der Waals surface area contributed by atoms with Crippen LogP contribution in [0.25, 0.3) is 0 Å². The van der Waals surface area contributed by atoms with E-state index in [2.05, 4.69) is 20.8 Å². The highest BCUT2D eigenvalue weighted by Gasteiger charge is 2.11. The molecule has 8 heteroatoms. The number of anilines is 1. The molecule has 1 aromatic heterocycles. The van der Waals surface area contributed by atoms with E-state index in [1.165, 1.54) is 11.3 Å². The van der Waals surface area contributed by atoms with Gasteiger partial charge in [-0.15, -0.1) is 10.2 Å². The number of amides is 3. The highest BCUT2D eigenvalue weighted by Crippen LogP contribution is 2.19. The number of hydrogen-bond donors (Lipinski definition) is 3. The van der Waals surface area contributed by atoms with Crippen molar-refractivity contribution in [3.8, 4) is 0 Å². The largest absolute Gasteiger partial charge is 0.352 e. The van der Waals surface area contributed by atoms with Gasteiger partial charge in [-0.1, -0.05) is 53.8 Å². The number of nitrogens with zero attached hydrogens (tertiary/aromatic N) is 2. The number of nitrogens with one attached hydrogen (secondary N) is 2. The van der Waals surface area contributed by atoms with E-state index in [4.69, 9.17) is 5.73 Å². The molecule has 0 aliphatic heterocycles. The maximum Gasteiger partial charge on any atom is 0.312 e. The summed E-state index contributed by atoms with van der Waals surface area (Å²) in [5, 5.41) is 14.7. The second-order valence-electron chi connectivity index (χ2n) is 5.53. The van der Waals surface area contributed by atoms with Crippen molar-refractivity contribution in [2.75, 3.05) is 5.32 Å². The molecule has 3 aromatic rings. The smallest absolute Gasteiger partial charge is 0.312 e. The maximum atomic E-state index is 12.3. The van der Waals surface area contributed by atoms with E-state index in [1.54, 1.807) is 24.3 Å². The number of urea groups is 1. The summed E-state index contributed by atoms with van der Waals surface area (Å²) < 4.78 is 0. The molecule has 4 N–H and O–H groups in total. The summed E-state index contributed by atoms with van der Waals surface area (Å²) in [7, 11) is 0.